The highest BCUT2D eigenvalue weighted by atomic mass is 32.2. The second-order valence-corrected chi connectivity index (χ2v) is 13.2. The van der Waals surface area contributed by atoms with Gasteiger partial charge in [-0.05, 0) is 47.9 Å². The lowest BCUT2D eigenvalue weighted by atomic mass is 9.70. The molecule has 38 heavy (non-hydrogen) atoms. The second kappa shape index (κ2) is 10.4. The molecule has 2 aromatic heterocycles. The van der Waals surface area contributed by atoms with Gasteiger partial charge in [0.15, 0.2) is 10.1 Å². The van der Waals surface area contributed by atoms with E-state index >= 15 is 0 Å². The van der Waals surface area contributed by atoms with Gasteiger partial charge < -0.3 is 11.1 Å². The molecule has 1 amide bonds. The zero-order chi connectivity index (χ0) is 27.0. The number of hydrogen-bond acceptors (Lipinski definition) is 10. The van der Waals surface area contributed by atoms with Crippen LogP contribution in [-0.4, -0.2) is 27.6 Å². The van der Waals surface area contributed by atoms with Crippen molar-refractivity contribution in [3.63, 3.8) is 0 Å². The molecule has 194 valence electrons. The standard InChI is InChI=1S/C27H26N6O2S3/c1-15-6-4-7-16(10-15)30-21(35)14-37-26-32-31-25(38-26)33-18-11-27(2,3)12-19(34)23(18)22(17(13-28)24(33)29)20-8-5-9-36-20/h4-10,22H,11-12,14,29H2,1-3H3,(H,30,35). The first-order valence-corrected chi connectivity index (χ1v) is 14.7. The van der Waals surface area contributed by atoms with Gasteiger partial charge in [0.2, 0.25) is 11.0 Å². The predicted octanol–water partition coefficient (Wildman–Crippen LogP) is 5.58. The van der Waals surface area contributed by atoms with Crippen LogP contribution in [-0.2, 0) is 9.59 Å². The number of ketones is 1. The summed E-state index contributed by atoms with van der Waals surface area (Å²) in [5, 5.41) is 24.1. The van der Waals surface area contributed by atoms with Gasteiger partial charge >= 0.3 is 0 Å². The van der Waals surface area contributed by atoms with Crippen molar-refractivity contribution >= 4 is 56.9 Å². The van der Waals surface area contributed by atoms with Gasteiger partial charge in [0.05, 0.1) is 23.3 Å². The van der Waals surface area contributed by atoms with Crippen molar-refractivity contribution in [3.8, 4) is 6.07 Å². The molecule has 11 heteroatoms. The van der Waals surface area contributed by atoms with Crippen LogP contribution >= 0.6 is 34.4 Å². The average molecular weight is 563 g/mol. The first-order valence-electron chi connectivity index (χ1n) is 12.0. The molecule has 0 fully saturated rings. The number of aryl methyl sites for hydroxylation is 1. The number of allylic oxidation sites excluding steroid dienone is 3. The maximum atomic E-state index is 13.5. The van der Waals surface area contributed by atoms with Crippen molar-refractivity contribution in [2.75, 3.05) is 16.0 Å². The Labute approximate surface area is 233 Å². The number of hydrogen-bond donors (Lipinski definition) is 2. The minimum atomic E-state index is -0.484. The van der Waals surface area contributed by atoms with Crippen LogP contribution in [0.1, 0.15) is 43.0 Å². The molecule has 8 nitrogen and oxygen atoms in total. The second-order valence-electron chi connectivity index (χ2n) is 10.1. The maximum absolute atomic E-state index is 13.5. The molecule has 1 aliphatic heterocycles. The summed E-state index contributed by atoms with van der Waals surface area (Å²) in [5.74, 6) is -0.184. The van der Waals surface area contributed by atoms with Crippen molar-refractivity contribution in [3.05, 3.63) is 74.9 Å². The summed E-state index contributed by atoms with van der Waals surface area (Å²) < 4.78 is 0.592. The Morgan fingerprint density at radius 3 is 2.82 bits per heavy atom. The highest BCUT2D eigenvalue weighted by Gasteiger charge is 2.45. The molecule has 5 rings (SSSR count). The van der Waals surface area contributed by atoms with Crippen LogP contribution in [0, 0.1) is 23.7 Å². The van der Waals surface area contributed by atoms with Crippen LogP contribution in [0.2, 0.25) is 0 Å². The van der Waals surface area contributed by atoms with Crippen molar-refractivity contribution < 1.29 is 9.59 Å². The molecule has 0 saturated carbocycles. The van der Waals surface area contributed by atoms with E-state index in [9.17, 15) is 14.9 Å². The molecular weight excluding hydrogens is 537 g/mol. The fourth-order valence-corrected chi connectivity index (χ4v) is 7.39. The molecule has 3 N–H and O–H groups in total. The lowest BCUT2D eigenvalue weighted by Crippen LogP contribution is -2.42. The number of nitrogens with one attached hydrogen (secondary N) is 1. The molecule has 0 spiro atoms. The minimum Gasteiger partial charge on any atom is -0.384 e. The zero-order valence-corrected chi connectivity index (χ0v) is 23.6. The Morgan fingerprint density at radius 2 is 2.11 bits per heavy atom. The summed E-state index contributed by atoms with van der Waals surface area (Å²) in [6.07, 6.45) is 1.00. The number of thiophene rings is 1. The Hall–Kier alpha value is -3.46. The van der Waals surface area contributed by atoms with Crippen molar-refractivity contribution in [2.24, 2.45) is 11.1 Å². The van der Waals surface area contributed by atoms with Gasteiger partial charge in [0.1, 0.15) is 5.82 Å². The van der Waals surface area contributed by atoms with Gasteiger partial charge in [-0.15, -0.1) is 21.5 Å². The number of anilines is 2. The van der Waals surface area contributed by atoms with Gasteiger partial charge in [-0.3, -0.25) is 14.5 Å². The smallest absolute Gasteiger partial charge is 0.234 e. The number of carbonyl (C=O) groups excluding carboxylic acids is 2. The average Bonchev–Trinajstić information content (AvgIpc) is 3.54. The van der Waals surface area contributed by atoms with Gasteiger partial charge in [0.25, 0.3) is 0 Å². The first kappa shape index (κ1) is 26.2. The van der Waals surface area contributed by atoms with Gasteiger partial charge in [-0.1, -0.05) is 55.1 Å². The third kappa shape index (κ3) is 5.12. The largest absolute Gasteiger partial charge is 0.384 e. The Balaban J connectivity index is 1.44. The van der Waals surface area contributed by atoms with E-state index in [0.717, 1.165) is 21.8 Å². The van der Waals surface area contributed by atoms with Crippen LogP contribution < -0.4 is 16.0 Å². The van der Waals surface area contributed by atoms with E-state index in [1.54, 1.807) is 4.90 Å². The van der Waals surface area contributed by atoms with Crippen molar-refractivity contribution in [1.29, 1.82) is 5.26 Å². The topological polar surface area (TPSA) is 125 Å². The third-order valence-electron chi connectivity index (χ3n) is 6.42. The van der Waals surface area contributed by atoms with Crippen molar-refractivity contribution in [1.82, 2.24) is 10.2 Å². The summed E-state index contributed by atoms with van der Waals surface area (Å²) in [6.45, 7) is 6.08. The van der Waals surface area contributed by atoms with Crippen LogP contribution in [0.25, 0.3) is 0 Å². The fraction of sp³-hybridized carbons (Fsp3) is 0.296. The molecule has 0 bridgehead atoms. The first-order chi connectivity index (χ1) is 18.2. The lowest BCUT2D eigenvalue weighted by molar-refractivity contribution is -0.118. The van der Waals surface area contributed by atoms with Crippen LogP contribution in [0.3, 0.4) is 0 Å². The number of nitrogens with two attached hydrogens (primary N) is 1. The summed E-state index contributed by atoms with van der Waals surface area (Å²) in [6, 6.07) is 13.7. The number of thioether (sulfide) groups is 1. The highest BCUT2D eigenvalue weighted by molar-refractivity contribution is 8.01. The van der Waals surface area contributed by atoms with E-state index in [-0.39, 0.29) is 28.7 Å². The number of Topliss-reactive ketones (excluding diaryl/α,β-unsaturated/α-hetero) is 1. The number of carbonyl (C=O) groups is 2. The molecule has 1 atom stereocenters. The molecule has 1 aromatic carbocycles. The maximum Gasteiger partial charge on any atom is 0.234 e. The third-order valence-corrected chi connectivity index (χ3v) is 9.40. The number of amides is 1. The Morgan fingerprint density at radius 1 is 1.29 bits per heavy atom. The quantitative estimate of drug-likeness (QED) is 0.373. The summed E-state index contributed by atoms with van der Waals surface area (Å²) >= 11 is 4.07. The number of rotatable bonds is 6. The molecule has 0 radical (unpaired) electrons. The summed E-state index contributed by atoms with van der Waals surface area (Å²) in [7, 11) is 0. The van der Waals surface area contributed by atoms with E-state index in [1.165, 1.54) is 34.4 Å². The van der Waals surface area contributed by atoms with E-state index in [1.807, 2.05) is 48.7 Å². The lowest BCUT2D eigenvalue weighted by Gasteiger charge is -2.42. The number of benzene rings is 1. The van der Waals surface area contributed by atoms with Crippen molar-refractivity contribution in [2.45, 2.75) is 43.9 Å². The molecule has 2 aliphatic rings. The SMILES string of the molecule is Cc1cccc(NC(=O)CSc2nnc(N3C(N)=C(C#N)C(c4cccs4)C4=C3CC(C)(C)CC4=O)s2)c1. The number of nitriles is 1. The normalized spacial score (nSPS) is 18.8. The Kier molecular flexibility index (Phi) is 7.13. The molecule has 3 aromatic rings. The van der Waals surface area contributed by atoms with E-state index in [0.29, 0.717) is 33.5 Å². The predicted molar refractivity (Wildman–Crippen MR) is 152 cm³/mol. The van der Waals surface area contributed by atoms with Gasteiger partial charge in [-0.2, -0.15) is 5.26 Å². The fourth-order valence-electron chi connectivity index (χ4n) is 4.87. The summed E-state index contributed by atoms with van der Waals surface area (Å²) in [5.41, 5.74) is 9.89. The minimum absolute atomic E-state index is 0.0202. The van der Waals surface area contributed by atoms with Crippen LogP contribution in [0.5, 0.6) is 0 Å². The van der Waals surface area contributed by atoms with Gasteiger partial charge in [-0.25, -0.2) is 0 Å². The van der Waals surface area contributed by atoms with Gasteiger partial charge in [0, 0.05) is 28.3 Å². The monoisotopic (exact) mass is 562 g/mol. The van der Waals surface area contributed by atoms with E-state index in [2.05, 4.69) is 35.4 Å². The number of nitrogens with zero attached hydrogens (tertiary/aromatic N) is 4. The summed E-state index contributed by atoms with van der Waals surface area (Å²) in [4.78, 5) is 28.6. The molecular formula is C27H26N6O2S3. The molecule has 1 unspecified atom stereocenters. The highest BCUT2D eigenvalue weighted by Crippen LogP contribution is 2.51. The van der Waals surface area contributed by atoms with E-state index in [4.69, 9.17) is 5.73 Å². The Bertz CT molecular complexity index is 1510. The van der Waals surface area contributed by atoms with E-state index < -0.39 is 5.92 Å². The van der Waals surface area contributed by atoms with Crippen LogP contribution in [0.15, 0.2) is 68.8 Å². The van der Waals surface area contributed by atoms with Crippen LogP contribution in [0.4, 0.5) is 10.8 Å². The molecule has 3 heterocycles. The number of aromatic nitrogens is 2. The molecule has 0 saturated heterocycles. The molecule has 1 aliphatic carbocycles. The zero-order valence-electron chi connectivity index (χ0n) is 21.1.